The van der Waals surface area contributed by atoms with E-state index in [9.17, 15) is 9.59 Å². The van der Waals surface area contributed by atoms with Crippen molar-refractivity contribution in [3.8, 4) is 0 Å². The summed E-state index contributed by atoms with van der Waals surface area (Å²) in [4.78, 5) is 33.2. The Bertz CT molecular complexity index is 1210. The van der Waals surface area contributed by atoms with Gasteiger partial charge in [0.15, 0.2) is 5.82 Å². The number of carbonyl (C=O) groups is 2. The minimum Gasteiger partial charge on any atom is -0.464 e. The van der Waals surface area contributed by atoms with Crippen molar-refractivity contribution in [2.45, 2.75) is 6.54 Å². The Hall–Kier alpha value is -3.71. The van der Waals surface area contributed by atoms with Crippen LogP contribution in [0.1, 0.15) is 16.1 Å². The molecule has 4 aromatic rings. The van der Waals surface area contributed by atoms with E-state index < -0.39 is 5.97 Å². The molecular weight excluding hydrogens is 370 g/mol. The highest BCUT2D eigenvalue weighted by molar-refractivity contribution is 5.95. The zero-order chi connectivity index (χ0) is 20.4. The number of ether oxygens (including phenoxy) is 1. The Kier molecular flexibility index (Phi) is 4.97. The summed E-state index contributed by atoms with van der Waals surface area (Å²) in [6.07, 6.45) is 0.535. The van der Waals surface area contributed by atoms with Gasteiger partial charge in [0.1, 0.15) is 11.3 Å². The summed E-state index contributed by atoms with van der Waals surface area (Å²) in [6.45, 7) is 0.416. The van der Waals surface area contributed by atoms with Crippen molar-refractivity contribution in [1.82, 2.24) is 9.55 Å². The van der Waals surface area contributed by atoms with Crippen LogP contribution in [-0.2, 0) is 20.9 Å². The first kappa shape index (κ1) is 18.6. The topological polar surface area (TPSA) is 73.7 Å². The Morgan fingerprint density at radius 2 is 1.86 bits per heavy atom. The minimum absolute atomic E-state index is 0.323. The normalized spacial score (nSPS) is 11.0. The number of rotatable bonds is 6. The SMILES string of the molecule is COC(=O)c1cc2ccc(N(C=O)OC)nc2n1Cc1cccc2ccccc12. The van der Waals surface area contributed by atoms with Gasteiger partial charge in [-0.3, -0.25) is 9.63 Å². The summed E-state index contributed by atoms with van der Waals surface area (Å²) in [7, 11) is 2.73. The number of fused-ring (bicyclic) bond motifs is 2. The molecule has 0 aliphatic rings. The molecule has 0 saturated carbocycles. The fourth-order valence-corrected chi connectivity index (χ4v) is 3.47. The lowest BCUT2D eigenvalue weighted by Crippen LogP contribution is -2.20. The molecule has 0 aliphatic heterocycles. The Morgan fingerprint density at radius 3 is 2.62 bits per heavy atom. The molecule has 0 bridgehead atoms. The number of nitrogens with zero attached hydrogens (tertiary/aromatic N) is 3. The highest BCUT2D eigenvalue weighted by Gasteiger charge is 2.19. The van der Waals surface area contributed by atoms with Crippen molar-refractivity contribution >= 4 is 40.0 Å². The number of carbonyl (C=O) groups excluding carboxylic acids is 2. The number of amides is 1. The molecule has 4 rings (SSSR count). The Balaban J connectivity index is 1.91. The lowest BCUT2D eigenvalue weighted by Gasteiger charge is -2.14. The highest BCUT2D eigenvalue weighted by Crippen LogP contribution is 2.26. The first-order valence-electron chi connectivity index (χ1n) is 9.00. The number of hydrogen-bond acceptors (Lipinski definition) is 5. The monoisotopic (exact) mass is 389 g/mol. The summed E-state index contributed by atoms with van der Waals surface area (Å²) in [5.41, 5.74) is 1.98. The van der Waals surface area contributed by atoms with E-state index in [1.807, 2.05) is 42.5 Å². The summed E-state index contributed by atoms with van der Waals surface area (Å²) < 4.78 is 6.77. The first-order valence-corrected chi connectivity index (χ1v) is 9.00. The molecule has 7 nitrogen and oxygen atoms in total. The maximum atomic E-state index is 12.4. The van der Waals surface area contributed by atoms with Gasteiger partial charge in [-0.05, 0) is 34.5 Å². The average Bonchev–Trinajstić information content (AvgIpc) is 3.12. The second kappa shape index (κ2) is 7.73. The number of pyridine rings is 1. The van der Waals surface area contributed by atoms with Crippen LogP contribution in [0, 0.1) is 0 Å². The number of benzene rings is 2. The van der Waals surface area contributed by atoms with Crippen molar-refractivity contribution in [3.05, 3.63) is 71.9 Å². The Labute approximate surface area is 167 Å². The quantitative estimate of drug-likeness (QED) is 0.286. The molecule has 7 heteroatoms. The van der Waals surface area contributed by atoms with Crippen LogP contribution in [0.3, 0.4) is 0 Å². The third-order valence-corrected chi connectivity index (χ3v) is 4.85. The molecular formula is C22H19N3O4. The molecule has 2 aromatic heterocycles. The van der Waals surface area contributed by atoms with Gasteiger partial charge in [0.25, 0.3) is 0 Å². The van der Waals surface area contributed by atoms with E-state index in [2.05, 4.69) is 4.98 Å². The predicted molar refractivity (Wildman–Crippen MR) is 110 cm³/mol. The van der Waals surface area contributed by atoms with Gasteiger partial charge < -0.3 is 9.30 Å². The van der Waals surface area contributed by atoms with Gasteiger partial charge in [0.05, 0.1) is 20.8 Å². The van der Waals surface area contributed by atoms with Crippen LogP contribution in [0.2, 0.25) is 0 Å². The van der Waals surface area contributed by atoms with Gasteiger partial charge in [-0.2, -0.15) is 5.06 Å². The second-order valence-electron chi connectivity index (χ2n) is 6.44. The van der Waals surface area contributed by atoms with Crippen molar-refractivity contribution < 1.29 is 19.2 Å². The van der Waals surface area contributed by atoms with Crippen LogP contribution in [-0.4, -0.2) is 36.2 Å². The van der Waals surface area contributed by atoms with Gasteiger partial charge in [-0.25, -0.2) is 9.78 Å². The molecule has 0 spiro atoms. The number of hydroxylamine groups is 1. The van der Waals surface area contributed by atoms with Crippen molar-refractivity contribution in [3.63, 3.8) is 0 Å². The molecule has 0 aliphatic carbocycles. The Morgan fingerprint density at radius 1 is 1.07 bits per heavy atom. The molecule has 0 atom stereocenters. The highest BCUT2D eigenvalue weighted by atomic mass is 16.7. The fraction of sp³-hybridized carbons (Fsp3) is 0.136. The summed E-state index contributed by atoms with van der Waals surface area (Å²) in [5.74, 6) is -0.132. The zero-order valence-electron chi connectivity index (χ0n) is 16.0. The molecule has 0 saturated heterocycles. The first-order chi connectivity index (χ1) is 14.2. The maximum absolute atomic E-state index is 12.4. The third-order valence-electron chi connectivity index (χ3n) is 4.85. The van der Waals surface area contributed by atoms with Crippen molar-refractivity contribution in [2.75, 3.05) is 19.3 Å². The maximum Gasteiger partial charge on any atom is 0.354 e. The largest absolute Gasteiger partial charge is 0.464 e. The average molecular weight is 389 g/mol. The van der Waals surface area contributed by atoms with E-state index in [0.29, 0.717) is 30.1 Å². The number of methoxy groups -OCH3 is 1. The lowest BCUT2D eigenvalue weighted by molar-refractivity contribution is -0.112. The molecule has 0 N–H and O–H groups in total. The van der Waals surface area contributed by atoms with E-state index >= 15 is 0 Å². The molecule has 29 heavy (non-hydrogen) atoms. The van der Waals surface area contributed by atoms with Gasteiger partial charge in [-0.15, -0.1) is 0 Å². The van der Waals surface area contributed by atoms with Crippen LogP contribution in [0.4, 0.5) is 5.82 Å². The van der Waals surface area contributed by atoms with Gasteiger partial charge in [0, 0.05) is 5.39 Å². The van der Waals surface area contributed by atoms with Gasteiger partial charge >= 0.3 is 5.97 Å². The van der Waals surface area contributed by atoms with Crippen LogP contribution < -0.4 is 5.06 Å². The van der Waals surface area contributed by atoms with Gasteiger partial charge in [0.2, 0.25) is 6.41 Å². The van der Waals surface area contributed by atoms with E-state index in [1.165, 1.54) is 14.2 Å². The van der Waals surface area contributed by atoms with Crippen LogP contribution >= 0.6 is 0 Å². The standard InChI is InChI=1S/C22H19N3O4/c1-28-22(27)19-12-16-10-11-20(25(14-26)29-2)23-21(16)24(19)13-17-8-5-7-15-6-3-4-9-18(15)17/h3-12,14H,13H2,1-2H3. The molecule has 2 heterocycles. The van der Waals surface area contributed by atoms with E-state index in [0.717, 1.165) is 26.8 Å². The predicted octanol–water partition coefficient (Wildman–Crippen LogP) is 3.55. The van der Waals surface area contributed by atoms with E-state index in [1.54, 1.807) is 22.8 Å². The van der Waals surface area contributed by atoms with Crippen LogP contribution in [0.25, 0.3) is 21.8 Å². The van der Waals surface area contributed by atoms with Gasteiger partial charge in [-0.1, -0.05) is 42.5 Å². The second-order valence-corrected chi connectivity index (χ2v) is 6.44. The zero-order valence-corrected chi connectivity index (χ0v) is 16.0. The molecule has 146 valence electrons. The molecule has 0 unspecified atom stereocenters. The molecule has 0 radical (unpaired) electrons. The summed E-state index contributed by atoms with van der Waals surface area (Å²) >= 11 is 0. The molecule has 2 aromatic carbocycles. The number of anilines is 1. The van der Waals surface area contributed by atoms with E-state index in [4.69, 9.17) is 9.57 Å². The number of hydrogen-bond donors (Lipinski definition) is 0. The van der Waals surface area contributed by atoms with Crippen LogP contribution in [0.15, 0.2) is 60.7 Å². The van der Waals surface area contributed by atoms with E-state index in [-0.39, 0.29) is 0 Å². The van der Waals surface area contributed by atoms with Crippen molar-refractivity contribution in [2.24, 2.45) is 0 Å². The summed E-state index contributed by atoms with van der Waals surface area (Å²) in [5, 5.41) is 3.99. The number of aromatic nitrogens is 2. The molecule has 1 amide bonds. The third kappa shape index (κ3) is 3.32. The summed E-state index contributed by atoms with van der Waals surface area (Å²) in [6, 6.07) is 19.3. The molecule has 0 fully saturated rings. The lowest BCUT2D eigenvalue weighted by atomic mass is 10.0. The number of esters is 1. The smallest absolute Gasteiger partial charge is 0.354 e. The minimum atomic E-state index is -0.455. The fourth-order valence-electron chi connectivity index (χ4n) is 3.47. The van der Waals surface area contributed by atoms with Crippen LogP contribution in [0.5, 0.6) is 0 Å². The van der Waals surface area contributed by atoms with Crippen molar-refractivity contribution in [1.29, 1.82) is 0 Å².